The maximum Gasteiger partial charge on any atom is 0.340 e. The van der Waals surface area contributed by atoms with E-state index in [-0.39, 0.29) is 22.7 Å². The van der Waals surface area contributed by atoms with E-state index in [9.17, 15) is 22.4 Å². The number of nitrogens with zero attached hydrogens (tertiary/aromatic N) is 2. The van der Waals surface area contributed by atoms with E-state index in [4.69, 9.17) is 16.3 Å². The number of aromatic nitrogens is 1. The number of carbonyl (C=O) groups excluding carboxylic acids is 2. The van der Waals surface area contributed by atoms with Crippen LogP contribution >= 0.6 is 11.6 Å². The van der Waals surface area contributed by atoms with Crippen molar-refractivity contribution in [3.8, 4) is 0 Å². The fourth-order valence-electron chi connectivity index (χ4n) is 3.46. The van der Waals surface area contributed by atoms with Gasteiger partial charge in [0.1, 0.15) is 11.9 Å². The minimum atomic E-state index is -3.95. The van der Waals surface area contributed by atoms with E-state index in [0.29, 0.717) is 10.9 Å². The number of methoxy groups -OCH3 is 1. The van der Waals surface area contributed by atoms with Crippen LogP contribution in [-0.4, -0.2) is 44.3 Å². The van der Waals surface area contributed by atoms with Gasteiger partial charge in [-0.05, 0) is 30.7 Å². The molecule has 7 nitrogen and oxygen atoms in total. The van der Waals surface area contributed by atoms with Crippen molar-refractivity contribution >= 4 is 50.1 Å². The normalized spacial score (nSPS) is 12.5. The second-order valence-corrected chi connectivity index (χ2v) is 9.11. The number of hydrogen-bond acceptors (Lipinski definition) is 5. The molecule has 0 aliphatic carbocycles. The third-order valence-electron chi connectivity index (χ3n) is 4.82. The van der Waals surface area contributed by atoms with Gasteiger partial charge < -0.3 is 4.74 Å². The zero-order valence-electron chi connectivity index (χ0n) is 17.0. The second kappa shape index (κ2) is 8.68. The average Bonchev–Trinajstić information content (AvgIpc) is 3.12. The Balaban J connectivity index is 2.18. The minimum absolute atomic E-state index is 0.0544. The summed E-state index contributed by atoms with van der Waals surface area (Å²) in [7, 11) is -2.72. The van der Waals surface area contributed by atoms with Crippen LogP contribution in [0.1, 0.15) is 28.5 Å². The lowest BCUT2D eigenvalue weighted by Gasteiger charge is -2.30. The van der Waals surface area contributed by atoms with Crippen LogP contribution in [0.2, 0.25) is 5.02 Å². The molecule has 0 bridgehead atoms. The second-order valence-electron chi connectivity index (χ2n) is 6.84. The Kier molecular flexibility index (Phi) is 6.38. The topological polar surface area (TPSA) is 85.7 Å². The first-order valence-electron chi connectivity index (χ1n) is 9.27. The maximum absolute atomic E-state index is 13.6. The molecule has 0 fully saturated rings. The van der Waals surface area contributed by atoms with Gasteiger partial charge in [-0.2, -0.15) is 0 Å². The Morgan fingerprint density at radius 1 is 1.23 bits per heavy atom. The number of fused-ring (bicyclic) bond motifs is 1. The van der Waals surface area contributed by atoms with E-state index >= 15 is 0 Å². The fraction of sp³-hybridized carbons (Fsp3) is 0.238. The summed E-state index contributed by atoms with van der Waals surface area (Å²) in [5, 5.41) is 0.223. The van der Waals surface area contributed by atoms with E-state index in [1.807, 2.05) is 0 Å². The molecular formula is C21H20ClFN2O5S. The molecule has 164 valence electrons. The van der Waals surface area contributed by atoms with Crippen LogP contribution < -0.4 is 4.31 Å². The Hall–Kier alpha value is -2.91. The van der Waals surface area contributed by atoms with Crippen molar-refractivity contribution in [1.82, 2.24) is 4.57 Å². The summed E-state index contributed by atoms with van der Waals surface area (Å²) < 4.78 is 45.9. The molecule has 3 rings (SSSR count). The highest BCUT2D eigenvalue weighted by Gasteiger charge is 2.34. The summed E-state index contributed by atoms with van der Waals surface area (Å²) >= 11 is 5.85. The van der Waals surface area contributed by atoms with Gasteiger partial charge in [-0.3, -0.25) is 13.7 Å². The zero-order chi connectivity index (χ0) is 22.9. The Labute approximate surface area is 184 Å². The van der Waals surface area contributed by atoms with E-state index in [1.165, 1.54) is 23.9 Å². The number of ether oxygens (including phenoxy) is 1. The van der Waals surface area contributed by atoms with Crippen LogP contribution in [0.4, 0.5) is 10.1 Å². The first kappa shape index (κ1) is 22.8. The van der Waals surface area contributed by atoms with Gasteiger partial charge in [0.25, 0.3) is 5.91 Å². The molecule has 1 heterocycles. The molecule has 0 saturated carbocycles. The highest BCUT2D eigenvalue weighted by Crippen LogP contribution is 2.29. The van der Waals surface area contributed by atoms with Crippen molar-refractivity contribution in [2.75, 3.05) is 17.7 Å². The number of halogens is 2. The SMILES string of the molecule is CCC(C(=O)n1cc(C(=O)OC)c2ccccc21)N(c1ccc(F)c(Cl)c1)S(C)(=O)=O. The summed E-state index contributed by atoms with van der Waals surface area (Å²) in [5.41, 5.74) is 0.660. The molecule has 3 aromatic rings. The summed E-state index contributed by atoms with van der Waals surface area (Å²) in [6, 6.07) is 8.98. The number of para-hydroxylation sites is 1. The highest BCUT2D eigenvalue weighted by molar-refractivity contribution is 7.92. The van der Waals surface area contributed by atoms with Crippen molar-refractivity contribution < 1.29 is 27.1 Å². The maximum atomic E-state index is 13.6. The smallest absolute Gasteiger partial charge is 0.340 e. The first-order valence-corrected chi connectivity index (χ1v) is 11.5. The lowest BCUT2D eigenvalue weighted by molar-refractivity contribution is 0.0603. The molecule has 10 heteroatoms. The van der Waals surface area contributed by atoms with Crippen LogP contribution in [-0.2, 0) is 14.8 Å². The van der Waals surface area contributed by atoms with Gasteiger partial charge in [-0.15, -0.1) is 0 Å². The molecular weight excluding hydrogens is 447 g/mol. The summed E-state index contributed by atoms with van der Waals surface area (Å²) in [6.07, 6.45) is 2.40. The third kappa shape index (κ3) is 4.28. The number of anilines is 1. The molecule has 0 amide bonds. The molecule has 0 radical (unpaired) electrons. The van der Waals surface area contributed by atoms with Gasteiger partial charge in [0.15, 0.2) is 0 Å². The van der Waals surface area contributed by atoms with Gasteiger partial charge in [-0.1, -0.05) is 36.7 Å². The van der Waals surface area contributed by atoms with Crippen LogP contribution in [0, 0.1) is 5.82 Å². The molecule has 1 atom stereocenters. The fourth-order valence-corrected chi connectivity index (χ4v) is 4.83. The minimum Gasteiger partial charge on any atom is -0.465 e. The van der Waals surface area contributed by atoms with Gasteiger partial charge in [-0.25, -0.2) is 17.6 Å². The number of benzene rings is 2. The predicted octanol–water partition coefficient (Wildman–Crippen LogP) is 4.11. The lowest BCUT2D eigenvalue weighted by Crippen LogP contribution is -2.46. The molecule has 1 unspecified atom stereocenters. The largest absolute Gasteiger partial charge is 0.465 e. The first-order chi connectivity index (χ1) is 14.6. The van der Waals surface area contributed by atoms with Crippen molar-refractivity contribution in [3.05, 3.63) is 65.1 Å². The number of esters is 1. The summed E-state index contributed by atoms with van der Waals surface area (Å²) in [6.45, 7) is 1.65. The lowest BCUT2D eigenvalue weighted by atomic mass is 10.1. The van der Waals surface area contributed by atoms with E-state index in [2.05, 4.69) is 0 Å². The van der Waals surface area contributed by atoms with E-state index in [1.54, 1.807) is 31.2 Å². The molecule has 0 spiro atoms. The van der Waals surface area contributed by atoms with Crippen molar-refractivity contribution in [3.63, 3.8) is 0 Å². The molecule has 2 aromatic carbocycles. The molecule has 0 aliphatic rings. The van der Waals surface area contributed by atoms with Crippen LogP contribution in [0.25, 0.3) is 10.9 Å². The van der Waals surface area contributed by atoms with E-state index < -0.39 is 33.8 Å². The van der Waals surface area contributed by atoms with Crippen LogP contribution in [0.5, 0.6) is 0 Å². The van der Waals surface area contributed by atoms with Crippen molar-refractivity contribution in [2.45, 2.75) is 19.4 Å². The Morgan fingerprint density at radius 3 is 2.48 bits per heavy atom. The quantitative estimate of drug-likeness (QED) is 0.510. The Morgan fingerprint density at radius 2 is 1.90 bits per heavy atom. The van der Waals surface area contributed by atoms with E-state index in [0.717, 1.165) is 22.7 Å². The monoisotopic (exact) mass is 466 g/mol. The molecule has 0 aliphatic heterocycles. The number of sulfonamides is 1. The van der Waals surface area contributed by atoms with Gasteiger partial charge in [0.2, 0.25) is 10.0 Å². The standard InChI is InChI=1S/C21H20ClFN2O5S/c1-4-18(25(31(3,28)29)13-9-10-17(23)16(22)11-13)20(26)24-12-15(21(27)30-2)14-7-5-6-8-19(14)24/h5-12,18H,4H2,1-3H3. The predicted molar refractivity (Wildman–Crippen MR) is 117 cm³/mol. The Bertz CT molecular complexity index is 1270. The van der Waals surface area contributed by atoms with Crippen LogP contribution in [0.15, 0.2) is 48.7 Å². The average molecular weight is 467 g/mol. The number of carbonyl (C=O) groups is 2. The van der Waals surface area contributed by atoms with Gasteiger partial charge in [0.05, 0.1) is 35.2 Å². The summed E-state index contributed by atoms with van der Waals surface area (Å²) in [5.74, 6) is -1.92. The summed E-state index contributed by atoms with van der Waals surface area (Å²) in [4.78, 5) is 25.7. The molecule has 0 N–H and O–H groups in total. The van der Waals surface area contributed by atoms with Crippen molar-refractivity contribution in [1.29, 1.82) is 0 Å². The molecule has 0 saturated heterocycles. The number of rotatable bonds is 6. The number of hydrogen-bond donors (Lipinski definition) is 0. The third-order valence-corrected chi connectivity index (χ3v) is 6.29. The molecule has 31 heavy (non-hydrogen) atoms. The van der Waals surface area contributed by atoms with Gasteiger partial charge >= 0.3 is 5.97 Å². The van der Waals surface area contributed by atoms with Crippen molar-refractivity contribution in [2.24, 2.45) is 0 Å². The van der Waals surface area contributed by atoms with Crippen LogP contribution in [0.3, 0.4) is 0 Å². The highest BCUT2D eigenvalue weighted by atomic mass is 35.5. The van der Waals surface area contributed by atoms with Gasteiger partial charge in [0, 0.05) is 11.6 Å². The molecule has 1 aromatic heterocycles. The zero-order valence-corrected chi connectivity index (χ0v) is 18.6.